The van der Waals surface area contributed by atoms with Crippen LogP contribution >= 0.6 is 23.2 Å². The van der Waals surface area contributed by atoms with Gasteiger partial charge in [-0.2, -0.15) is 0 Å². The maximum atomic E-state index is 12.6. The number of aromatic hydroxyl groups is 1. The smallest absolute Gasteiger partial charge is 0.242 e. The number of nitrogens with zero attached hydrogens (tertiary/aromatic N) is 3. The summed E-state index contributed by atoms with van der Waals surface area (Å²) in [7, 11) is 0. The van der Waals surface area contributed by atoms with Gasteiger partial charge < -0.3 is 20.3 Å². The number of carbonyl (C=O) groups excluding carboxylic acids is 1. The van der Waals surface area contributed by atoms with Crippen LogP contribution in [0, 0.1) is 6.92 Å². The summed E-state index contributed by atoms with van der Waals surface area (Å²) in [6.07, 6.45) is 3.75. The van der Waals surface area contributed by atoms with Crippen LogP contribution in [-0.2, 0) is 17.9 Å². The highest BCUT2D eigenvalue weighted by molar-refractivity contribution is 6.36. The third-order valence-corrected chi connectivity index (χ3v) is 6.02. The summed E-state index contributed by atoms with van der Waals surface area (Å²) < 4.78 is 1.55. The number of amides is 1. The third kappa shape index (κ3) is 3.56. The molecule has 1 amide bonds. The molecule has 8 heteroatoms. The van der Waals surface area contributed by atoms with E-state index in [9.17, 15) is 9.90 Å². The average Bonchev–Trinajstić information content (AvgIpc) is 3.30. The van der Waals surface area contributed by atoms with Crippen LogP contribution in [0.15, 0.2) is 24.4 Å². The van der Waals surface area contributed by atoms with Crippen molar-refractivity contribution < 1.29 is 9.90 Å². The van der Waals surface area contributed by atoms with E-state index in [0.29, 0.717) is 26.5 Å². The van der Waals surface area contributed by atoms with Crippen molar-refractivity contribution in [2.45, 2.75) is 32.9 Å². The first-order valence-corrected chi connectivity index (χ1v) is 10.3. The number of carbonyl (C=O) groups is 1. The van der Waals surface area contributed by atoms with Gasteiger partial charge in [0.05, 0.1) is 10.9 Å². The minimum Gasteiger partial charge on any atom is -0.494 e. The maximum Gasteiger partial charge on any atom is 0.242 e. The number of aryl methyl sites for hydroxylation is 1. The Morgan fingerprint density at radius 2 is 2.00 bits per heavy atom. The zero-order valence-electron chi connectivity index (χ0n) is 16.1. The number of aromatic nitrogens is 2. The van der Waals surface area contributed by atoms with Gasteiger partial charge in [-0.15, -0.1) is 0 Å². The molecule has 0 spiro atoms. The second-order valence-electron chi connectivity index (χ2n) is 7.31. The fraction of sp³-hybridized carbons (Fsp3) is 0.333. The number of halogens is 2. The summed E-state index contributed by atoms with van der Waals surface area (Å²) >= 11 is 12.5. The number of benzene rings is 1. The molecule has 3 N–H and O–H groups in total. The van der Waals surface area contributed by atoms with Crippen LogP contribution in [0.2, 0.25) is 10.0 Å². The highest BCUT2D eigenvalue weighted by Crippen LogP contribution is 2.42. The Hall–Kier alpha value is -2.28. The topological polar surface area (TPSA) is 84.4 Å². The SMILES string of the molecule is Cc1nc2cn(CC(=O)N3CCCC3)c(O)c2c(-c2ccc(Cl)cc2Cl)c1CN. The predicted octanol–water partition coefficient (Wildman–Crippen LogP) is 4.11. The lowest BCUT2D eigenvalue weighted by Crippen LogP contribution is -2.30. The van der Waals surface area contributed by atoms with Gasteiger partial charge in [0.2, 0.25) is 11.8 Å². The van der Waals surface area contributed by atoms with Crippen molar-refractivity contribution in [3.63, 3.8) is 0 Å². The van der Waals surface area contributed by atoms with Crippen LogP contribution < -0.4 is 5.73 Å². The van der Waals surface area contributed by atoms with Crippen molar-refractivity contribution in [1.82, 2.24) is 14.5 Å². The Bertz CT molecular complexity index is 1100. The van der Waals surface area contributed by atoms with Gasteiger partial charge in [-0.3, -0.25) is 9.78 Å². The molecule has 0 unspecified atom stereocenters. The van der Waals surface area contributed by atoms with E-state index in [1.54, 1.807) is 22.9 Å². The summed E-state index contributed by atoms with van der Waals surface area (Å²) in [5.74, 6) is -0.0317. The minimum absolute atomic E-state index is 0.0139. The number of fused-ring (bicyclic) bond motifs is 1. The number of likely N-dealkylation sites (tertiary alicyclic amines) is 1. The number of rotatable bonds is 4. The van der Waals surface area contributed by atoms with Crippen molar-refractivity contribution >= 4 is 40.0 Å². The molecule has 1 aliphatic rings. The lowest BCUT2D eigenvalue weighted by atomic mass is 9.95. The first-order chi connectivity index (χ1) is 13.9. The minimum atomic E-state index is -0.0178. The summed E-state index contributed by atoms with van der Waals surface area (Å²) in [6, 6.07) is 5.21. The van der Waals surface area contributed by atoms with E-state index >= 15 is 0 Å². The first kappa shape index (κ1) is 20.0. The molecular formula is C21H22Cl2N4O2. The van der Waals surface area contributed by atoms with E-state index in [1.807, 2.05) is 17.9 Å². The highest BCUT2D eigenvalue weighted by atomic mass is 35.5. The molecule has 3 heterocycles. The van der Waals surface area contributed by atoms with Gasteiger partial charge in [-0.25, -0.2) is 0 Å². The fourth-order valence-corrected chi connectivity index (χ4v) is 4.51. The second kappa shape index (κ2) is 7.86. The molecule has 2 aromatic heterocycles. The molecule has 6 nitrogen and oxygen atoms in total. The molecule has 1 aromatic carbocycles. The number of pyridine rings is 1. The molecule has 0 bridgehead atoms. The first-order valence-electron chi connectivity index (χ1n) is 9.55. The Labute approximate surface area is 178 Å². The maximum absolute atomic E-state index is 12.6. The van der Waals surface area contributed by atoms with Crippen molar-refractivity contribution in [3.8, 4) is 17.0 Å². The monoisotopic (exact) mass is 432 g/mol. The highest BCUT2D eigenvalue weighted by Gasteiger charge is 2.24. The van der Waals surface area contributed by atoms with Gasteiger partial charge in [0.1, 0.15) is 6.54 Å². The zero-order chi connectivity index (χ0) is 20.7. The molecule has 0 aliphatic carbocycles. The molecule has 4 rings (SSSR count). The predicted molar refractivity (Wildman–Crippen MR) is 115 cm³/mol. The Kier molecular flexibility index (Phi) is 5.42. The molecule has 1 saturated heterocycles. The normalized spacial score (nSPS) is 14.1. The molecule has 0 radical (unpaired) electrons. The molecular weight excluding hydrogens is 411 g/mol. The summed E-state index contributed by atoms with van der Waals surface area (Å²) in [6.45, 7) is 3.70. The van der Waals surface area contributed by atoms with Gasteiger partial charge in [-0.1, -0.05) is 29.3 Å². The molecule has 1 fully saturated rings. The van der Waals surface area contributed by atoms with Gasteiger partial charge in [-0.05, 0) is 37.5 Å². The summed E-state index contributed by atoms with van der Waals surface area (Å²) in [5, 5.41) is 12.5. The van der Waals surface area contributed by atoms with E-state index in [2.05, 4.69) is 4.98 Å². The van der Waals surface area contributed by atoms with Crippen LogP contribution in [0.5, 0.6) is 5.88 Å². The summed E-state index contributed by atoms with van der Waals surface area (Å²) in [4.78, 5) is 19.0. The van der Waals surface area contributed by atoms with Crippen molar-refractivity contribution in [1.29, 1.82) is 0 Å². The molecule has 0 saturated carbocycles. The Morgan fingerprint density at radius 1 is 1.28 bits per heavy atom. The number of hydrogen-bond donors (Lipinski definition) is 2. The van der Waals surface area contributed by atoms with E-state index in [0.717, 1.165) is 42.8 Å². The van der Waals surface area contributed by atoms with E-state index in [-0.39, 0.29) is 24.9 Å². The molecule has 152 valence electrons. The van der Waals surface area contributed by atoms with Crippen LogP contribution in [-0.4, -0.2) is 38.6 Å². The van der Waals surface area contributed by atoms with Gasteiger partial charge in [0, 0.05) is 52.7 Å². The van der Waals surface area contributed by atoms with Gasteiger partial charge >= 0.3 is 0 Å². The van der Waals surface area contributed by atoms with Crippen LogP contribution in [0.3, 0.4) is 0 Å². The van der Waals surface area contributed by atoms with E-state index in [1.165, 1.54) is 0 Å². The van der Waals surface area contributed by atoms with Crippen LogP contribution in [0.1, 0.15) is 24.1 Å². The lowest BCUT2D eigenvalue weighted by molar-refractivity contribution is -0.130. The van der Waals surface area contributed by atoms with Crippen molar-refractivity contribution in [3.05, 3.63) is 45.7 Å². The zero-order valence-corrected chi connectivity index (χ0v) is 17.6. The quantitative estimate of drug-likeness (QED) is 0.649. The van der Waals surface area contributed by atoms with Crippen LogP contribution in [0.25, 0.3) is 22.0 Å². The standard InChI is InChI=1S/C21H22Cl2N4O2/c1-12-15(9-24)19(14-5-4-13(22)8-16(14)23)20-17(25-12)10-27(21(20)29)11-18(28)26-6-2-3-7-26/h4-5,8,10,29H,2-3,6-7,9,11,24H2,1H3. The lowest BCUT2D eigenvalue weighted by Gasteiger charge is -2.16. The van der Waals surface area contributed by atoms with Crippen molar-refractivity contribution in [2.24, 2.45) is 5.73 Å². The molecule has 3 aromatic rings. The van der Waals surface area contributed by atoms with E-state index in [4.69, 9.17) is 28.9 Å². The molecule has 29 heavy (non-hydrogen) atoms. The van der Waals surface area contributed by atoms with Crippen molar-refractivity contribution in [2.75, 3.05) is 13.1 Å². The average molecular weight is 433 g/mol. The molecule has 1 aliphatic heterocycles. The Morgan fingerprint density at radius 3 is 2.66 bits per heavy atom. The van der Waals surface area contributed by atoms with Crippen LogP contribution in [0.4, 0.5) is 0 Å². The van der Waals surface area contributed by atoms with Gasteiger partial charge in [0.25, 0.3) is 0 Å². The second-order valence-corrected chi connectivity index (χ2v) is 8.15. The Balaban J connectivity index is 1.89. The number of nitrogens with two attached hydrogens (primary N) is 1. The van der Waals surface area contributed by atoms with E-state index < -0.39 is 0 Å². The third-order valence-electron chi connectivity index (χ3n) is 5.48. The number of hydrogen-bond acceptors (Lipinski definition) is 4. The molecule has 0 atom stereocenters. The largest absolute Gasteiger partial charge is 0.494 e. The fourth-order valence-electron chi connectivity index (χ4n) is 4.01. The summed E-state index contributed by atoms with van der Waals surface area (Å²) in [5.41, 5.74) is 9.60. The van der Waals surface area contributed by atoms with Gasteiger partial charge in [0.15, 0.2) is 0 Å².